The smallest absolute Gasteiger partial charge is 0.242 e. The number of para-hydroxylation sites is 1. The molecule has 5 heteroatoms. The quantitative estimate of drug-likeness (QED) is 0.833. The molecule has 106 valence electrons. The standard InChI is InChI=1S/C14H22N2O2S/c1-11-5-4-6-12(9-11)10-16-19(17,18)14-8-3-2-7-13(14)15/h2-3,7-8,11-12,16H,4-6,9-10,15H2,1H3. The molecule has 1 saturated carbocycles. The van der Waals surface area contributed by atoms with E-state index in [0.29, 0.717) is 24.1 Å². The van der Waals surface area contributed by atoms with Crippen LogP contribution in [0.3, 0.4) is 0 Å². The van der Waals surface area contributed by atoms with Gasteiger partial charge in [0.2, 0.25) is 10.0 Å². The van der Waals surface area contributed by atoms with Gasteiger partial charge >= 0.3 is 0 Å². The molecule has 0 spiro atoms. The summed E-state index contributed by atoms with van der Waals surface area (Å²) in [5.41, 5.74) is 6.02. The van der Waals surface area contributed by atoms with Crippen molar-refractivity contribution in [2.24, 2.45) is 11.8 Å². The molecule has 1 aromatic rings. The molecule has 0 aromatic heterocycles. The molecule has 0 radical (unpaired) electrons. The molecule has 1 aromatic carbocycles. The molecular weight excluding hydrogens is 260 g/mol. The largest absolute Gasteiger partial charge is 0.398 e. The van der Waals surface area contributed by atoms with Crippen molar-refractivity contribution >= 4 is 15.7 Å². The maximum Gasteiger partial charge on any atom is 0.242 e. The number of hydrogen-bond donors (Lipinski definition) is 2. The first-order valence-corrected chi connectivity index (χ1v) is 8.31. The molecule has 0 aliphatic heterocycles. The molecule has 1 aliphatic rings. The van der Waals surface area contributed by atoms with E-state index >= 15 is 0 Å². The van der Waals surface area contributed by atoms with E-state index in [4.69, 9.17) is 5.73 Å². The molecule has 1 fully saturated rings. The van der Waals surface area contributed by atoms with Gasteiger partial charge in [-0.15, -0.1) is 0 Å². The van der Waals surface area contributed by atoms with Gasteiger partial charge in [0, 0.05) is 6.54 Å². The summed E-state index contributed by atoms with van der Waals surface area (Å²) in [7, 11) is -3.48. The lowest BCUT2D eigenvalue weighted by molar-refractivity contribution is 0.283. The monoisotopic (exact) mass is 282 g/mol. The zero-order chi connectivity index (χ0) is 13.9. The van der Waals surface area contributed by atoms with Crippen molar-refractivity contribution in [3.63, 3.8) is 0 Å². The molecule has 0 bridgehead atoms. The highest BCUT2D eigenvalue weighted by atomic mass is 32.2. The van der Waals surface area contributed by atoms with E-state index in [1.165, 1.54) is 12.8 Å². The van der Waals surface area contributed by atoms with Gasteiger partial charge in [-0.3, -0.25) is 0 Å². The molecule has 4 nitrogen and oxygen atoms in total. The summed E-state index contributed by atoms with van der Waals surface area (Å²) in [6.07, 6.45) is 4.67. The number of nitrogen functional groups attached to an aromatic ring is 1. The van der Waals surface area contributed by atoms with E-state index < -0.39 is 10.0 Å². The number of hydrogen-bond acceptors (Lipinski definition) is 3. The Kier molecular flexibility index (Phi) is 4.47. The van der Waals surface area contributed by atoms with Crippen LogP contribution < -0.4 is 10.5 Å². The summed E-state index contributed by atoms with van der Waals surface area (Å²) in [5, 5.41) is 0. The van der Waals surface area contributed by atoms with Gasteiger partial charge in [-0.2, -0.15) is 0 Å². The molecule has 2 unspecified atom stereocenters. The Hall–Kier alpha value is -1.07. The van der Waals surface area contributed by atoms with Crippen LogP contribution in [0.15, 0.2) is 29.2 Å². The van der Waals surface area contributed by atoms with Crippen LogP contribution in [0.2, 0.25) is 0 Å². The van der Waals surface area contributed by atoms with Gasteiger partial charge in [-0.25, -0.2) is 13.1 Å². The van der Waals surface area contributed by atoms with Crippen molar-refractivity contribution in [3.05, 3.63) is 24.3 Å². The predicted octanol–water partition coefficient (Wildman–Crippen LogP) is 2.37. The highest BCUT2D eigenvalue weighted by Gasteiger charge is 2.22. The van der Waals surface area contributed by atoms with Crippen molar-refractivity contribution in [2.45, 2.75) is 37.5 Å². The number of anilines is 1. The van der Waals surface area contributed by atoms with E-state index in [1.807, 2.05) is 0 Å². The molecule has 0 heterocycles. The van der Waals surface area contributed by atoms with Crippen molar-refractivity contribution in [2.75, 3.05) is 12.3 Å². The minimum Gasteiger partial charge on any atom is -0.398 e. The minimum absolute atomic E-state index is 0.179. The van der Waals surface area contributed by atoms with Gasteiger partial charge in [0.1, 0.15) is 4.90 Å². The lowest BCUT2D eigenvalue weighted by atomic mass is 9.83. The lowest BCUT2D eigenvalue weighted by Gasteiger charge is -2.26. The zero-order valence-electron chi connectivity index (χ0n) is 11.3. The normalized spacial score (nSPS) is 24.3. The summed E-state index contributed by atoms with van der Waals surface area (Å²) in [4.78, 5) is 0.179. The van der Waals surface area contributed by atoms with Gasteiger partial charge in [0.15, 0.2) is 0 Å². The molecule has 1 aliphatic carbocycles. The molecule has 3 N–H and O–H groups in total. The summed E-state index contributed by atoms with van der Waals surface area (Å²) in [5.74, 6) is 1.15. The average molecular weight is 282 g/mol. The lowest BCUT2D eigenvalue weighted by Crippen LogP contribution is -2.31. The maximum atomic E-state index is 12.2. The zero-order valence-corrected chi connectivity index (χ0v) is 12.1. The third-order valence-corrected chi connectivity index (χ3v) is 5.31. The van der Waals surface area contributed by atoms with Crippen LogP contribution in [0.25, 0.3) is 0 Å². The van der Waals surface area contributed by atoms with Gasteiger partial charge in [0.05, 0.1) is 5.69 Å². The second-order valence-electron chi connectivity index (χ2n) is 5.53. The van der Waals surface area contributed by atoms with Crippen LogP contribution in [-0.4, -0.2) is 15.0 Å². The van der Waals surface area contributed by atoms with E-state index in [-0.39, 0.29) is 4.90 Å². The van der Waals surface area contributed by atoms with Crippen LogP contribution in [0.5, 0.6) is 0 Å². The number of benzene rings is 1. The highest BCUT2D eigenvalue weighted by molar-refractivity contribution is 7.89. The second-order valence-corrected chi connectivity index (χ2v) is 7.26. The molecule has 0 saturated heterocycles. The van der Waals surface area contributed by atoms with Gasteiger partial charge in [-0.1, -0.05) is 31.9 Å². The van der Waals surface area contributed by atoms with Crippen molar-refractivity contribution in [1.82, 2.24) is 4.72 Å². The third-order valence-electron chi connectivity index (χ3n) is 3.82. The maximum absolute atomic E-state index is 12.2. The number of nitrogens with one attached hydrogen (secondary N) is 1. The Morgan fingerprint density at radius 1 is 1.32 bits per heavy atom. The van der Waals surface area contributed by atoms with Gasteiger partial charge < -0.3 is 5.73 Å². The van der Waals surface area contributed by atoms with Crippen LogP contribution in [0, 0.1) is 11.8 Å². The fourth-order valence-corrected chi connectivity index (χ4v) is 4.02. The SMILES string of the molecule is CC1CCCC(CNS(=O)(=O)c2ccccc2N)C1. The molecule has 2 rings (SSSR count). The molecule has 19 heavy (non-hydrogen) atoms. The van der Waals surface area contributed by atoms with Crippen LogP contribution in [0.1, 0.15) is 32.6 Å². The molecular formula is C14H22N2O2S. The van der Waals surface area contributed by atoms with Gasteiger partial charge in [0.25, 0.3) is 0 Å². The first-order valence-electron chi connectivity index (χ1n) is 6.83. The topological polar surface area (TPSA) is 72.2 Å². The number of nitrogens with two attached hydrogens (primary N) is 1. The number of sulfonamides is 1. The predicted molar refractivity (Wildman–Crippen MR) is 77.2 cm³/mol. The second kappa shape index (κ2) is 5.92. The highest BCUT2D eigenvalue weighted by Crippen LogP contribution is 2.28. The van der Waals surface area contributed by atoms with Crippen LogP contribution >= 0.6 is 0 Å². The van der Waals surface area contributed by atoms with Crippen LogP contribution in [-0.2, 0) is 10.0 Å². The minimum atomic E-state index is -3.48. The summed E-state index contributed by atoms with van der Waals surface area (Å²) in [6, 6.07) is 6.57. The van der Waals surface area contributed by atoms with E-state index in [1.54, 1.807) is 24.3 Å². The summed E-state index contributed by atoms with van der Waals surface area (Å²) < 4.78 is 27.1. The van der Waals surface area contributed by atoms with Crippen molar-refractivity contribution < 1.29 is 8.42 Å². The molecule has 2 atom stereocenters. The summed E-state index contributed by atoms with van der Waals surface area (Å²) in [6.45, 7) is 2.75. The first-order chi connectivity index (χ1) is 8.99. The Bertz CT molecular complexity index is 528. The van der Waals surface area contributed by atoms with Crippen LogP contribution in [0.4, 0.5) is 5.69 Å². The Balaban J connectivity index is 2.00. The summed E-state index contributed by atoms with van der Waals surface area (Å²) >= 11 is 0. The average Bonchev–Trinajstić information content (AvgIpc) is 2.37. The third kappa shape index (κ3) is 3.70. The Labute approximate surface area is 115 Å². The Morgan fingerprint density at radius 3 is 2.74 bits per heavy atom. The van der Waals surface area contributed by atoms with Crippen molar-refractivity contribution in [1.29, 1.82) is 0 Å². The van der Waals surface area contributed by atoms with E-state index in [2.05, 4.69) is 11.6 Å². The fraction of sp³-hybridized carbons (Fsp3) is 0.571. The molecule has 0 amide bonds. The van der Waals surface area contributed by atoms with Crippen molar-refractivity contribution in [3.8, 4) is 0 Å². The first kappa shape index (κ1) is 14.3. The van der Waals surface area contributed by atoms with E-state index in [0.717, 1.165) is 12.8 Å². The fourth-order valence-electron chi connectivity index (χ4n) is 2.78. The Morgan fingerprint density at radius 2 is 2.05 bits per heavy atom. The van der Waals surface area contributed by atoms with Gasteiger partial charge in [-0.05, 0) is 36.8 Å². The van der Waals surface area contributed by atoms with E-state index in [9.17, 15) is 8.42 Å². The number of rotatable bonds is 4.